The fourth-order valence-electron chi connectivity index (χ4n) is 2.93. The molecule has 18 heavy (non-hydrogen) atoms. The van der Waals surface area contributed by atoms with Gasteiger partial charge in [-0.05, 0) is 18.4 Å². The average Bonchev–Trinajstić information content (AvgIpc) is 2.66. The highest BCUT2D eigenvalue weighted by atomic mass is 16.1. The van der Waals surface area contributed by atoms with Crippen LogP contribution in [0.15, 0.2) is 30.3 Å². The monoisotopic (exact) mass is 244 g/mol. The molecule has 1 N–H and O–H groups in total. The fourth-order valence-corrected chi connectivity index (χ4v) is 2.93. The van der Waals surface area contributed by atoms with E-state index in [-0.39, 0.29) is 17.7 Å². The normalized spacial score (nSPS) is 19.2. The molecule has 1 aliphatic carbocycles. The highest BCUT2D eigenvalue weighted by Gasteiger charge is 2.36. The maximum Gasteiger partial charge on any atom is 0.144 e. The van der Waals surface area contributed by atoms with Gasteiger partial charge in [-0.15, -0.1) is 0 Å². The van der Waals surface area contributed by atoms with Gasteiger partial charge in [-0.1, -0.05) is 56.0 Å². The molecule has 0 spiro atoms. The van der Waals surface area contributed by atoms with Gasteiger partial charge < -0.3 is 0 Å². The Kier molecular flexibility index (Phi) is 4.54. The van der Waals surface area contributed by atoms with Gasteiger partial charge in [0.1, 0.15) is 5.78 Å². The molecule has 0 atom stereocenters. The summed E-state index contributed by atoms with van der Waals surface area (Å²) in [5, 5.41) is 0. The van der Waals surface area contributed by atoms with E-state index in [1.807, 2.05) is 30.3 Å². The zero-order chi connectivity index (χ0) is 12.8. The van der Waals surface area contributed by atoms with Crippen molar-refractivity contribution in [1.29, 1.82) is 0 Å². The lowest BCUT2D eigenvalue weighted by Gasteiger charge is -2.29. The third kappa shape index (κ3) is 2.99. The lowest BCUT2D eigenvalue weighted by atomic mass is 9.75. The molecule has 1 aromatic carbocycles. The first kappa shape index (κ1) is 13.3. The number of rotatable bonds is 4. The van der Waals surface area contributed by atoms with E-state index < -0.39 is 0 Å². The fraction of sp³-hybridized carbons (Fsp3) is 0.562. The summed E-state index contributed by atoms with van der Waals surface area (Å²) in [4.78, 5) is 12.6. The Labute approximate surface area is 110 Å². The number of Topliss-reactive ketones (excluding diaryl/α,β-unsaturated/α-hetero) is 1. The van der Waals surface area contributed by atoms with Crippen LogP contribution in [0.25, 0.3) is 0 Å². The lowest BCUT2D eigenvalue weighted by Crippen LogP contribution is -2.36. The van der Waals surface area contributed by atoms with Gasteiger partial charge in [0.05, 0.1) is 0 Å². The van der Waals surface area contributed by atoms with Gasteiger partial charge in [0.15, 0.2) is 0 Å². The van der Waals surface area contributed by atoms with Crippen LogP contribution in [0.3, 0.4) is 0 Å². The predicted octanol–water partition coefficient (Wildman–Crippen LogP) is 3.42. The van der Waals surface area contributed by atoms with Crippen molar-refractivity contribution in [3.8, 4) is 0 Å². The van der Waals surface area contributed by atoms with Crippen molar-refractivity contribution in [1.82, 2.24) is 5.73 Å². The van der Waals surface area contributed by atoms with Gasteiger partial charge in [-0.3, -0.25) is 10.5 Å². The van der Waals surface area contributed by atoms with Crippen molar-refractivity contribution in [2.24, 2.45) is 5.41 Å². The summed E-state index contributed by atoms with van der Waals surface area (Å²) in [6, 6.07) is 9.94. The van der Waals surface area contributed by atoms with Gasteiger partial charge >= 0.3 is 0 Å². The maximum absolute atomic E-state index is 12.6. The summed E-state index contributed by atoms with van der Waals surface area (Å²) in [7, 11) is 0. The second-order valence-electron chi connectivity index (χ2n) is 5.46. The molecule has 0 aliphatic heterocycles. The van der Waals surface area contributed by atoms with E-state index in [1.165, 1.54) is 12.8 Å². The molecular formula is C16H22NO. The van der Waals surface area contributed by atoms with Crippen LogP contribution in [-0.2, 0) is 11.2 Å². The SMILES string of the molecule is [NH]CC1(C(=O)Cc2ccccc2)CCCCCC1. The molecule has 0 saturated heterocycles. The number of ketones is 1. The molecule has 0 bridgehead atoms. The zero-order valence-electron chi connectivity index (χ0n) is 11.0. The van der Waals surface area contributed by atoms with Crippen molar-refractivity contribution in [2.45, 2.75) is 44.9 Å². The zero-order valence-corrected chi connectivity index (χ0v) is 11.0. The molecule has 0 unspecified atom stereocenters. The Morgan fingerprint density at radius 2 is 1.67 bits per heavy atom. The third-order valence-corrected chi connectivity index (χ3v) is 4.20. The molecular weight excluding hydrogens is 222 g/mol. The molecule has 2 nitrogen and oxygen atoms in total. The van der Waals surface area contributed by atoms with E-state index in [1.54, 1.807) is 0 Å². The van der Waals surface area contributed by atoms with E-state index in [2.05, 4.69) is 0 Å². The number of hydrogen-bond acceptors (Lipinski definition) is 1. The van der Waals surface area contributed by atoms with Crippen LogP contribution < -0.4 is 5.73 Å². The summed E-state index contributed by atoms with van der Waals surface area (Å²) < 4.78 is 0. The van der Waals surface area contributed by atoms with E-state index >= 15 is 0 Å². The van der Waals surface area contributed by atoms with Crippen LogP contribution in [0.1, 0.15) is 44.1 Å². The van der Waals surface area contributed by atoms with E-state index in [0.29, 0.717) is 6.42 Å². The van der Waals surface area contributed by atoms with Crippen LogP contribution in [0, 0.1) is 5.41 Å². The molecule has 0 amide bonds. The molecule has 2 rings (SSSR count). The first-order chi connectivity index (χ1) is 8.77. The Balaban J connectivity index is 2.09. The average molecular weight is 244 g/mol. The first-order valence-corrected chi connectivity index (χ1v) is 6.99. The van der Waals surface area contributed by atoms with Crippen LogP contribution in [0.5, 0.6) is 0 Å². The molecule has 1 saturated carbocycles. The van der Waals surface area contributed by atoms with Gasteiger partial charge in [-0.25, -0.2) is 0 Å². The minimum absolute atomic E-state index is 0.263. The molecule has 0 aromatic heterocycles. The highest BCUT2D eigenvalue weighted by molar-refractivity contribution is 5.87. The van der Waals surface area contributed by atoms with Crippen LogP contribution >= 0.6 is 0 Å². The Morgan fingerprint density at radius 1 is 1.06 bits per heavy atom. The predicted molar refractivity (Wildman–Crippen MR) is 73.3 cm³/mol. The topological polar surface area (TPSA) is 40.9 Å². The summed E-state index contributed by atoms with van der Waals surface area (Å²) in [6.45, 7) is 0.263. The number of benzene rings is 1. The lowest BCUT2D eigenvalue weighted by molar-refractivity contribution is -0.128. The smallest absolute Gasteiger partial charge is 0.144 e. The van der Waals surface area contributed by atoms with Crippen molar-refractivity contribution < 1.29 is 4.79 Å². The van der Waals surface area contributed by atoms with Gasteiger partial charge in [0.25, 0.3) is 0 Å². The Morgan fingerprint density at radius 3 is 2.22 bits per heavy atom. The van der Waals surface area contributed by atoms with Crippen LogP contribution in [-0.4, -0.2) is 12.3 Å². The van der Waals surface area contributed by atoms with Crippen LogP contribution in [0.4, 0.5) is 0 Å². The van der Waals surface area contributed by atoms with Crippen molar-refractivity contribution in [3.63, 3.8) is 0 Å². The number of carbonyl (C=O) groups is 1. The van der Waals surface area contributed by atoms with Crippen molar-refractivity contribution in [3.05, 3.63) is 35.9 Å². The maximum atomic E-state index is 12.6. The highest BCUT2D eigenvalue weighted by Crippen LogP contribution is 2.36. The largest absolute Gasteiger partial charge is 0.299 e. The molecule has 0 heterocycles. The number of carbonyl (C=O) groups excluding carboxylic acids is 1. The number of nitrogens with one attached hydrogen (secondary N) is 1. The molecule has 1 fully saturated rings. The molecule has 1 aliphatic rings. The van der Waals surface area contributed by atoms with E-state index in [0.717, 1.165) is 31.2 Å². The van der Waals surface area contributed by atoms with Gasteiger partial charge in [0, 0.05) is 18.4 Å². The number of hydrogen-bond donors (Lipinski definition) is 0. The van der Waals surface area contributed by atoms with E-state index in [4.69, 9.17) is 5.73 Å². The Hall–Kier alpha value is -1.15. The van der Waals surface area contributed by atoms with Crippen molar-refractivity contribution >= 4 is 5.78 Å². The summed E-state index contributed by atoms with van der Waals surface area (Å²) in [5.41, 5.74) is 8.55. The third-order valence-electron chi connectivity index (χ3n) is 4.20. The molecule has 2 heteroatoms. The summed E-state index contributed by atoms with van der Waals surface area (Å²) >= 11 is 0. The minimum atomic E-state index is -0.355. The summed E-state index contributed by atoms with van der Waals surface area (Å²) in [6.07, 6.45) is 7.00. The summed E-state index contributed by atoms with van der Waals surface area (Å²) in [5.74, 6) is 0.283. The molecule has 1 aromatic rings. The first-order valence-electron chi connectivity index (χ1n) is 6.99. The second kappa shape index (κ2) is 6.14. The second-order valence-corrected chi connectivity index (χ2v) is 5.46. The Bertz CT molecular complexity index is 377. The van der Waals surface area contributed by atoms with Gasteiger partial charge in [0.2, 0.25) is 0 Å². The van der Waals surface area contributed by atoms with Crippen LogP contribution in [0.2, 0.25) is 0 Å². The van der Waals surface area contributed by atoms with E-state index in [9.17, 15) is 4.79 Å². The minimum Gasteiger partial charge on any atom is -0.299 e. The quantitative estimate of drug-likeness (QED) is 0.748. The van der Waals surface area contributed by atoms with Gasteiger partial charge in [-0.2, -0.15) is 0 Å². The molecule has 97 valence electrons. The van der Waals surface area contributed by atoms with Crippen molar-refractivity contribution in [2.75, 3.05) is 6.54 Å². The standard InChI is InChI=1S/C16H22NO/c17-13-16(10-6-1-2-7-11-16)15(18)12-14-8-4-3-5-9-14/h3-5,8-9,17H,1-2,6-7,10-13H2. The molecule has 1 radical (unpaired) electrons.